The maximum Gasteiger partial charge on any atom is 0.255 e. The molecule has 3 aromatic rings. The van der Waals surface area contributed by atoms with Gasteiger partial charge >= 0.3 is 0 Å². The molecule has 6 heteroatoms. The van der Waals surface area contributed by atoms with E-state index in [1.54, 1.807) is 0 Å². The molecule has 0 spiro atoms. The second-order valence-electron chi connectivity index (χ2n) is 5.79. The minimum absolute atomic E-state index is 0.0436. The summed E-state index contributed by atoms with van der Waals surface area (Å²) in [6, 6.07) is 17.6. The van der Waals surface area contributed by atoms with E-state index >= 15 is 0 Å². The van der Waals surface area contributed by atoms with Crippen LogP contribution in [-0.2, 0) is 0 Å². The molecule has 1 aromatic heterocycles. The average Bonchev–Trinajstić information content (AvgIpc) is 3.04. The Bertz CT molecular complexity index is 871. The molecule has 1 fully saturated rings. The lowest BCUT2D eigenvalue weighted by Gasteiger charge is -2.39. The van der Waals surface area contributed by atoms with Crippen LogP contribution in [0.15, 0.2) is 65.3 Å². The quantitative estimate of drug-likeness (QED) is 0.697. The van der Waals surface area contributed by atoms with Gasteiger partial charge in [-0.25, -0.2) is 4.68 Å². The van der Waals surface area contributed by atoms with Gasteiger partial charge in [0.2, 0.25) is 0 Å². The van der Waals surface area contributed by atoms with E-state index in [9.17, 15) is 4.79 Å². The van der Waals surface area contributed by atoms with Gasteiger partial charge in [0.05, 0.1) is 17.8 Å². The van der Waals surface area contributed by atoms with Crippen LogP contribution in [0, 0.1) is 0 Å². The molecular weight excluding hydrogens is 368 g/mol. The Hall–Kier alpha value is -2.47. The Kier molecular flexibility index (Phi) is 3.90. The molecule has 0 unspecified atom stereocenters. The van der Waals surface area contributed by atoms with E-state index in [1.807, 2.05) is 70.4 Å². The first kappa shape index (κ1) is 15.1. The standard InChI is InChI=1S/C18H15BrN4O/c19-16-9-5-4-8-15(16)18(24)22-10-14(11-22)23-12-17(20-21-23)13-6-2-1-3-7-13/h1-9,12,14H,10-11H2. The van der Waals surface area contributed by atoms with Crippen molar-refractivity contribution in [2.75, 3.05) is 13.1 Å². The van der Waals surface area contributed by atoms with Gasteiger partial charge in [-0.15, -0.1) is 5.10 Å². The van der Waals surface area contributed by atoms with Gasteiger partial charge in [-0.1, -0.05) is 47.7 Å². The molecule has 4 rings (SSSR count). The van der Waals surface area contributed by atoms with Crippen LogP contribution in [0.4, 0.5) is 0 Å². The number of amides is 1. The average molecular weight is 383 g/mol. The minimum atomic E-state index is 0.0436. The SMILES string of the molecule is O=C(c1ccccc1Br)N1CC(n2cc(-c3ccccc3)nn2)C1. The third-order valence-electron chi connectivity index (χ3n) is 4.21. The van der Waals surface area contributed by atoms with Crippen molar-refractivity contribution in [3.8, 4) is 11.3 Å². The molecule has 120 valence electrons. The highest BCUT2D eigenvalue weighted by atomic mass is 79.9. The lowest BCUT2D eigenvalue weighted by Crippen LogP contribution is -2.51. The fourth-order valence-corrected chi connectivity index (χ4v) is 3.24. The number of hydrogen-bond donors (Lipinski definition) is 0. The van der Waals surface area contributed by atoms with E-state index in [0.29, 0.717) is 18.7 Å². The van der Waals surface area contributed by atoms with Gasteiger partial charge < -0.3 is 4.90 Å². The number of rotatable bonds is 3. The second-order valence-corrected chi connectivity index (χ2v) is 6.65. The molecule has 1 amide bonds. The van der Waals surface area contributed by atoms with Crippen LogP contribution in [0.5, 0.6) is 0 Å². The molecule has 0 aliphatic carbocycles. The lowest BCUT2D eigenvalue weighted by atomic mass is 10.1. The van der Waals surface area contributed by atoms with E-state index in [-0.39, 0.29) is 11.9 Å². The van der Waals surface area contributed by atoms with Crippen molar-refractivity contribution in [3.05, 3.63) is 70.8 Å². The molecule has 2 heterocycles. The van der Waals surface area contributed by atoms with Gasteiger partial charge in [0.15, 0.2) is 0 Å². The van der Waals surface area contributed by atoms with Crippen LogP contribution in [0.1, 0.15) is 16.4 Å². The van der Waals surface area contributed by atoms with E-state index in [4.69, 9.17) is 0 Å². The molecular formula is C18H15BrN4O. The van der Waals surface area contributed by atoms with Gasteiger partial charge in [-0.05, 0) is 28.1 Å². The topological polar surface area (TPSA) is 51.0 Å². The summed E-state index contributed by atoms with van der Waals surface area (Å²) in [5.41, 5.74) is 2.59. The number of hydrogen-bond acceptors (Lipinski definition) is 3. The number of benzene rings is 2. The first-order valence-corrected chi connectivity index (χ1v) is 8.53. The third-order valence-corrected chi connectivity index (χ3v) is 4.90. The zero-order valence-electron chi connectivity index (χ0n) is 12.8. The minimum Gasteiger partial charge on any atom is -0.334 e. The summed E-state index contributed by atoms with van der Waals surface area (Å²) >= 11 is 3.43. The molecule has 0 atom stereocenters. The number of likely N-dealkylation sites (tertiary alicyclic amines) is 1. The molecule has 0 N–H and O–H groups in total. The van der Waals surface area contributed by atoms with Crippen molar-refractivity contribution in [2.45, 2.75) is 6.04 Å². The largest absolute Gasteiger partial charge is 0.334 e. The Labute approximate surface area is 148 Å². The van der Waals surface area contributed by atoms with E-state index < -0.39 is 0 Å². The maximum atomic E-state index is 12.5. The second kappa shape index (κ2) is 6.20. The number of carbonyl (C=O) groups excluding carboxylic acids is 1. The van der Waals surface area contributed by atoms with Gasteiger partial charge in [-0.3, -0.25) is 4.79 Å². The van der Waals surface area contributed by atoms with E-state index in [2.05, 4.69) is 26.2 Å². The Balaban J connectivity index is 1.44. The van der Waals surface area contributed by atoms with Crippen LogP contribution in [0.3, 0.4) is 0 Å². The molecule has 0 radical (unpaired) electrons. The zero-order chi connectivity index (χ0) is 16.5. The molecule has 5 nitrogen and oxygen atoms in total. The van der Waals surface area contributed by atoms with E-state index in [0.717, 1.165) is 15.7 Å². The van der Waals surface area contributed by atoms with Gasteiger partial charge in [0, 0.05) is 23.1 Å². The van der Waals surface area contributed by atoms with Crippen LogP contribution < -0.4 is 0 Å². The summed E-state index contributed by atoms with van der Waals surface area (Å²) in [5.74, 6) is 0.0436. The molecule has 0 bridgehead atoms. The number of nitrogens with zero attached hydrogens (tertiary/aromatic N) is 4. The van der Waals surface area contributed by atoms with Crippen molar-refractivity contribution in [1.82, 2.24) is 19.9 Å². The molecule has 24 heavy (non-hydrogen) atoms. The first-order valence-electron chi connectivity index (χ1n) is 7.73. The predicted molar refractivity (Wildman–Crippen MR) is 94.5 cm³/mol. The van der Waals surface area contributed by atoms with Crippen LogP contribution >= 0.6 is 15.9 Å². The van der Waals surface area contributed by atoms with Crippen molar-refractivity contribution in [3.63, 3.8) is 0 Å². The fourth-order valence-electron chi connectivity index (χ4n) is 2.79. The van der Waals surface area contributed by atoms with Crippen LogP contribution in [0.2, 0.25) is 0 Å². The first-order chi connectivity index (χ1) is 11.7. The molecule has 0 saturated carbocycles. The van der Waals surface area contributed by atoms with Crippen LogP contribution in [-0.4, -0.2) is 38.9 Å². The summed E-state index contributed by atoms with van der Waals surface area (Å²) in [7, 11) is 0. The van der Waals surface area contributed by atoms with Crippen molar-refractivity contribution < 1.29 is 4.79 Å². The third kappa shape index (κ3) is 2.73. The zero-order valence-corrected chi connectivity index (χ0v) is 14.4. The Morgan fingerprint density at radius 2 is 1.75 bits per heavy atom. The summed E-state index contributed by atoms with van der Waals surface area (Å²) < 4.78 is 2.68. The van der Waals surface area contributed by atoms with E-state index in [1.165, 1.54) is 0 Å². The summed E-state index contributed by atoms with van der Waals surface area (Å²) in [4.78, 5) is 14.3. The van der Waals surface area contributed by atoms with Gasteiger partial charge in [-0.2, -0.15) is 0 Å². The predicted octanol–water partition coefficient (Wildman–Crippen LogP) is 3.40. The molecule has 1 saturated heterocycles. The summed E-state index contributed by atoms with van der Waals surface area (Å²) in [6.07, 6.45) is 1.94. The number of aromatic nitrogens is 3. The normalized spacial score (nSPS) is 14.5. The van der Waals surface area contributed by atoms with Crippen LogP contribution in [0.25, 0.3) is 11.3 Å². The van der Waals surface area contributed by atoms with Gasteiger partial charge in [0.1, 0.15) is 5.69 Å². The fraction of sp³-hybridized carbons (Fsp3) is 0.167. The highest BCUT2D eigenvalue weighted by molar-refractivity contribution is 9.10. The van der Waals surface area contributed by atoms with Crippen molar-refractivity contribution >= 4 is 21.8 Å². The Morgan fingerprint density at radius 1 is 1.04 bits per heavy atom. The molecule has 1 aliphatic rings. The van der Waals surface area contributed by atoms with Crippen molar-refractivity contribution in [1.29, 1.82) is 0 Å². The monoisotopic (exact) mass is 382 g/mol. The smallest absolute Gasteiger partial charge is 0.255 e. The van der Waals surface area contributed by atoms with Crippen molar-refractivity contribution in [2.24, 2.45) is 0 Å². The Morgan fingerprint density at radius 3 is 2.50 bits per heavy atom. The molecule has 2 aromatic carbocycles. The summed E-state index contributed by atoms with van der Waals surface area (Å²) in [6.45, 7) is 1.30. The number of carbonyl (C=O) groups is 1. The highest BCUT2D eigenvalue weighted by Gasteiger charge is 2.33. The van der Waals surface area contributed by atoms with Gasteiger partial charge in [0.25, 0.3) is 5.91 Å². The lowest BCUT2D eigenvalue weighted by molar-refractivity contribution is 0.0497. The maximum absolute atomic E-state index is 12.5. The summed E-state index contributed by atoms with van der Waals surface area (Å²) in [5, 5.41) is 8.45. The number of halogens is 1. The highest BCUT2D eigenvalue weighted by Crippen LogP contribution is 2.26. The molecule has 1 aliphatic heterocycles.